The molecule has 0 bridgehead atoms. The lowest BCUT2D eigenvalue weighted by Crippen LogP contribution is -2.40. The first kappa shape index (κ1) is 21.0. The zero-order chi connectivity index (χ0) is 19.5. The zero-order valence-corrected chi connectivity index (χ0v) is 16.7. The van der Waals surface area contributed by atoms with Crippen LogP contribution in [0.1, 0.15) is 32.3 Å². The number of carbonyl (C=O) groups excluding carboxylic acids is 1. The van der Waals surface area contributed by atoms with Gasteiger partial charge in [0.2, 0.25) is 0 Å². The highest BCUT2D eigenvalue weighted by Gasteiger charge is 2.25. The van der Waals surface area contributed by atoms with Crippen molar-refractivity contribution in [2.24, 2.45) is 5.92 Å². The lowest BCUT2D eigenvalue weighted by molar-refractivity contribution is -0.128. The molecule has 0 atom stereocenters. The van der Waals surface area contributed by atoms with Crippen molar-refractivity contribution in [3.8, 4) is 6.07 Å². The Labute approximate surface area is 163 Å². The van der Waals surface area contributed by atoms with Gasteiger partial charge in [-0.25, -0.2) is 0 Å². The zero-order valence-electron chi connectivity index (χ0n) is 16.7. The van der Waals surface area contributed by atoms with Gasteiger partial charge in [0.15, 0.2) is 0 Å². The minimum atomic E-state index is -0.147. The monoisotopic (exact) mass is 368 g/mol. The van der Waals surface area contributed by atoms with Gasteiger partial charge in [0.1, 0.15) is 11.6 Å². The van der Waals surface area contributed by atoms with E-state index in [2.05, 4.69) is 54.4 Å². The van der Waals surface area contributed by atoms with E-state index in [9.17, 15) is 10.1 Å². The summed E-state index contributed by atoms with van der Waals surface area (Å²) in [4.78, 5) is 16.7. The third-order valence-electron chi connectivity index (χ3n) is 5.33. The van der Waals surface area contributed by atoms with Gasteiger partial charge < -0.3 is 15.1 Å². The third-order valence-corrected chi connectivity index (χ3v) is 5.33. The number of hydrogen-bond acceptors (Lipinski definition) is 4. The smallest absolute Gasteiger partial charge is 0.265 e. The highest BCUT2D eigenvalue weighted by molar-refractivity contribution is 5.97. The van der Waals surface area contributed by atoms with Gasteiger partial charge in [-0.3, -0.25) is 4.79 Å². The van der Waals surface area contributed by atoms with E-state index in [0.717, 1.165) is 58.5 Å². The van der Waals surface area contributed by atoms with Crippen LogP contribution in [0.4, 0.5) is 0 Å². The number of likely N-dealkylation sites (N-methyl/N-ethyl adjacent to an activating group) is 1. The van der Waals surface area contributed by atoms with E-state index in [1.165, 1.54) is 5.56 Å². The van der Waals surface area contributed by atoms with Crippen LogP contribution in [0, 0.1) is 17.2 Å². The first-order valence-electron chi connectivity index (χ1n) is 10.1. The van der Waals surface area contributed by atoms with Crippen LogP contribution >= 0.6 is 0 Å². The maximum atomic E-state index is 12.6. The van der Waals surface area contributed by atoms with Gasteiger partial charge in [0.05, 0.1) is 0 Å². The molecular formula is C22H32N4O. The molecule has 1 N–H and O–H groups in total. The maximum Gasteiger partial charge on any atom is 0.265 e. The Morgan fingerprint density at radius 2 is 1.93 bits per heavy atom. The van der Waals surface area contributed by atoms with Gasteiger partial charge in [0, 0.05) is 32.4 Å². The summed E-state index contributed by atoms with van der Waals surface area (Å²) in [5, 5.41) is 12.5. The number of nitriles is 1. The predicted molar refractivity (Wildman–Crippen MR) is 109 cm³/mol. The van der Waals surface area contributed by atoms with E-state index >= 15 is 0 Å². The van der Waals surface area contributed by atoms with Crippen LogP contribution in [0.5, 0.6) is 0 Å². The molecule has 0 aromatic heterocycles. The molecule has 0 spiro atoms. The number of rotatable bonds is 9. The third kappa shape index (κ3) is 6.73. The molecule has 0 radical (unpaired) electrons. The van der Waals surface area contributed by atoms with E-state index in [-0.39, 0.29) is 11.5 Å². The molecule has 1 aliphatic rings. The molecule has 2 rings (SSSR count). The second-order valence-electron chi connectivity index (χ2n) is 7.08. The van der Waals surface area contributed by atoms with Crippen molar-refractivity contribution in [1.82, 2.24) is 15.1 Å². The minimum Gasteiger partial charge on any atom is -0.388 e. The standard InChI is InChI=1S/C22H32N4O/c1-3-25(4-2)15-12-24-18-21(17-23)22(27)26-13-10-20(11-14-26)16-19-8-6-5-7-9-19/h5-9,18,20,24H,3-4,10-16H2,1-2H3/b21-18-. The van der Waals surface area contributed by atoms with Crippen LogP contribution in [0.25, 0.3) is 0 Å². The summed E-state index contributed by atoms with van der Waals surface area (Å²) in [6.45, 7) is 9.37. The minimum absolute atomic E-state index is 0.147. The Kier molecular flexibility index (Phi) is 8.86. The second-order valence-corrected chi connectivity index (χ2v) is 7.08. The number of carbonyl (C=O) groups is 1. The van der Waals surface area contributed by atoms with Gasteiger partial charge in [-0.2, -0.15) is 5.26 Å². The lowest BCUT2D eigenvalue weighted by atomic mass is 9.90. The summed E-state index contributed by atoms with van der Waals surface area (Å²) in [6.07, 6.45) is 4.64. The van der Waals surface area contributed by atoms with Crippen LogP contribution in [0.3, 0.4) is 0 Å². The average molecular weight is 369 g/mol. The largest absolute Gasteiger partial charge is 0.388 e. The maximum absolute atomic E-state index is 12.6. The van der Waals surface area contributed by atoms with Crippen molar-refractivity contribution in [2.75, 3.05) is 39.3 Å². The van der Waals surface area contributed by atoms with E-state index < -0.39 is 0 Å². The average Bonchev–Trinajstić information content (AvgIpc) is 2.72. The molecule has 0 aliphatic carbocycles. The Balaban J connectivity index is 1.79. The normalized spacial score (nSPS) is 15.6. The number of piperidine rings is 1. The van der Waals surface area contributed by atoms with Crippen LogP contribution < -0.4 is 5.32 Å². The Hall–Kier alpha value is -2.32. The van der Waals surface area contributed by atoms with Crippen LogP contribution in [0.15, 0.2) is 42.1 Å². The fourth-order valence-electron chi connectivity index (χ4n) is 3.54. The summed E-state index contributed by atoms with van der Waals surface area (Å²) in [5.74, 6) is 0.462. The number of likely N-dealkylation sites (tertiary alicyclic amines) is 1. The summed E-state index contributed by atoms with van der Waals surface area (Å²) in [5.41, 5.74) is 1.56. The summed E-state index contributed by atoms with van der Waals surface area (Å²) >= 11 is 0. The van der Waals surface area contributed by atoms with Crippen molar-refractivity contribution >= 4 is 5.91 Å². The Bertz CT molecular complexity index is 638. The van der Waals surface area contributed by atoms with Crippen molar-refractivity contribution < 1.29 is 4.79 Å². The van der Waals surface area contributed by atoms with E-state index in [0.29, 0.717) is 5.92 Å². The molecule has 1 heterocycles. The van der Waals surface area contributed by atoms with E-state index in [1.807, 2.05) is 11.0 Å². The summed E-state index contributed by atoms with van der Waals surface area (Å²) < 4.78 is 0. The molecule has 1 aromatic carbocycles. The fourth-order valence-corrected chi connectivity index (χ4v) is 3.54. The van der Waals surface area contributed by atoms with Crippen molar-refractivity contribution in [2.45, 2.75) is 33.1 Å². The van der Waals surface area contributed by atoms with E-state index in [1.54, 1.807) is 6.20 Å². The molecule has 146 valence electrons. The summed E-state index contributed by atoms with van der Waals surface area (Å²) in [6, 6.07) is 12.6. The fraction of sp³-hybridized carbons (Fsp3) is 0.545. The Morgan fingerprint density at radius 1 is 1.26 bits per heavy atom. The van der Waals surface area contributed by atoms with Crippen LogP contribution in [-0.4, -0.2) is 55.0 Å². The van der Waals surface area contributed by atoms with Gasteiger partial charge >= 0.3 is 0 Å². The molecule has 1 aliphatic heterocycles. The molecule has 1 aromatic rings. The van der Waals surface area contributed by atoms with E-state index in [4.69, 9.17) is 0 Å². The molecule has 1 fully saturated rings. The number of nitrogens with zero attached hydrogens (tertiary/aromatic N) is 3. The number of nitrogens with one attached hydrogen (secondary N) is 1. The SMILES string of the molecule is CCN(CC)CCN/C=C(/C#N)C(=O)N1CCC(Cc2ccccc2)CC1. The number of amides is 1. The molecule has 5 nitrogen and oxygen atoms in total. The molecule has 0 saturated carbocycles. The molecule has 5 heteroatoms. The predicted octanol–water partition coefficient (Wildman–Crippen LogP) is 2.81. The first-order chi connectivity index (χ1) is 13.2. The lowest BCUT2D eigenvalue weighted by Gasteiger charge is -2.32. The van der Waals surface area contributed by atoms with Gasteiger partial charge in [-0.05, 0) is 43.8 Å². The number of hydrogen-bond donors (Lipinski definition) is 1. The van der Waals surface area contributed by atoms with Crippen molar-refractivity contribution in [3.05, 3.63) is 47.7 Å². The molecule has 1 amide bonds. The van der Waals surface area contributed by atoms with Crippen LogP contribution in [0.2, 0.25) is 0 Å². The Morgan fingerprint density at radius 3 is 2.52 bits per heavy atom. The summed E-state index contributed by atoms with van der Waals surface area (Å²) in [7, 11) is 0. The number of benzene rings is 1. The molecular weight excluding hydrogens is 336 g/mol. The molecule has 27 heavy (non-hydrogen) atoms. The van der Waals surface area contributed by atoms with Gasteiger partial charge in [-0.1, -0.05) is 44.2 Å². The highest BCUT2D eigenvalue weighted by Crippen LogP contribution is 2.22. The quantitative estimate of drug-likeness (QED) is 0.414. The molecule has 0 unspecified atom stereocenters. The topological polar surface area (TPSA) is 59.4 Å². The van der Waals surface area contributed by atoms with Crippen LogP contribution in [-0.2, 0) is 11.2 Å². The highest BCUT2D eigenvalue weighted by atomic mass is 16.2. The second kappa shape index (κ2) is 11.4. The van der Waals surface area contributed by atoms with Crippen molar-refractivity contribution in [3.63, 3.8) is 0 Å². The molecule has 1 saturated heterocycles. The van der Waals surface area contributed by atoms with Gasteiger partial charge in [0.25, 0.3) is 5.91 Å². The first-order valence-corrected chi connectivity index (χ1v) is 10.1. The van der Waals surface area contributed by atoms with Gasteiger partial charge in [-0.15, -0.1) is 0 Å². The van der Waals surface area contributed by atoms with Crippen molar-refractivity contribution in [1.29, 1.82) is 5.26 Å².